The van der Waals surface area contributed by atoms with E-state index < -0.39 is 0 Å². The molecular formula is C42H44N4O3. The van der Waals surface area contributed by atoms with Crippen molar-refractivity contribution in [2.75, 3.05) is 5.32 Å². The smallest absolute Gasteiger partial charge is 0.273 e. The first-order valence-electron chi connectivity index (χ1n) is 15.5. The third-order valence-corrected chi connectivity index (χ3v) is 6.85. The Bertz CT molecular complexity index is 2260. The summed E-state index contributed by atoms with van der Waals surface area (Å²) in [6.45, 7) is 9.76. The predicted octanol–water partition coefficient (Wildman–Crippen LogP) is 12.0. The second-order valence-corrected chi connectivity index (χ2v) is 9.72. The van der Waals surface area contributed by atoms with E-state index in [9.17, 15) is 10.1 Å². The van der Waals surface area contributed by atoms with E-state index >= 15 is 0 Å². The molecule has 49 heavy (non-hydrogen) atoms. The first kappa shape index (κ1) is 38.9. The van der Waals surface area contributed by atoms with Gasteiger partial charge in [-0.1, -0.05) is 103 Å². The highest BCUT2D eigenvalue weighted by Crippen LogP contribution is 2.34. The van der Waals surface area contributed by atoms with E-state index in [4.69, 9.17) is 14.1 Å². The Morgan fingerprint density at radius 2 is 1.24 bits per heavy atom. The van der Waals surface area contributed by atoms with Crippen LogP contribution in [-0.4, -0.2) is 4.57 Å². The summed E-state index contributed by atoms with van der Waals surface area (Å²) in [6, 6.07) is 40.1. The van der Waals surface area contributed by atoms with Crippen LogP contribution < -0.4 is 10.9 Å². The van der Waals surface area contributed by atoms with Crippen molar-refractivity contribution in [2.45, 2.75) is 49.5 Å². The lowest BCUT2D eigenvalue weighted by atomic mass is 10.2. The number of allylic oxidation sites excluding steroid dienone is 1. The fraction of sp³-hybridized carbons (Fsp3) is 0.167. The highest BCUT2D eigenvalue weighted by Gasteiger charge is 2.17. The molecule has 0 atom stereocenters. The topological polar surface area (TPSA) is 108 Å². The third-order valence-electron chi connectivity index (χ3n) is 6.85. The molecule has 1 N–H and O–H groups in total. The third kappa shape index (κ3) is 8.54. The number of hydrogen-bond donors (Lipinski definition) is 1. The lowest BCUT2D eigenvalue weighted by Crippen LogP contribution is -2.20. The van der Waals surface area contributed by atoms with Gasteiger partial charge in [-0.15, -0.1) is 0 Å². The van der Waals surface area contributed by atoms with Crippen molar-refractivity contribution in [3.8, 4) is 17.8 Å². The van der Waals surface area contributed by atoms with Gasteiger partial charge in [0.2, 0.25) is 0 Å². The van der Waals surface area contributed by atoms with Crippen molar-refractivity contribution in [1.29, 1.82) is 10.5 Å². The molecule has 0 radical (unpaired) electrons. The van der Waals surface area contributed by atoms with Crippen LogP contribution in [0.1, 0.15) is 60.8 Å². The van der Waals surface area contributed by atoms with Crippen molar-refractivity contribution in [3.63, 3.8) is 0 Å². The molecule has 7 nitrogen and oxygen atoms in total. The van der Waals surface area contributed by atoms with Gasteiger partial charge in [0.05, 0.1) is 11.8 Å². The molecule has 0 spiro atoms. The van der Waals surface area contributed by atoms with Crippen LogP contribution in [0.2, 0.25) is 0 Å². The minimum absolute atomic E-state index is 0. The van der Waals surface area contributed by atoms with Crippen LogP contribution in [-0.2, 0) is 0 Å². The fourth-order valence-corrected chi connectivity index (χ4v) is 4.89. The Kier molecular flexibility index (Phi) is 14.9. The summed E-state index contributed by atoms with van der Waals surface area (Å²) in [5.74, 6) is 0.666. The Morgan fingerprint density at radius 1 is 0.714 bits per heavy atom. The number of fused-ring (bicyclic) bond motifs is 4. The molecule has 0 unspecified atom stereocenters. The fourth-order valence-electron chi connectivity index (χ4n) is 4.89. The second kappa shape index (κ2) is 18.7. The minimum atomic E-state index is -0.340. The molecule has 3 heterocycles. The molecule has 7 rings (SSSR count). The molecule has 0 aliphatic rings. The maximum atomic E-state index is 12.7. The molecule has 0 saturated carbocycles. The molecule has 0 amide bonds. The molecule has 0 bridgehead atoms. The van der Waals surface area contributed by atoms with Crippen LogP contribution in [0.5, 0.6) is 0 Å². The summed E-state index contributed by atoms with van der Waals surface area (Å²) in [6.07, 6.45) is 1.76. The Balaban J connectivity index is 0.000000298. The summed E-state index contributed by atoms with van der Waals surface area (Å²) >= 11 is 0. The molecule has 4 aromatic carbocycles. The monoisotopic (exact) mass is 652 g/mol. The van der Waals surface area contributed by atoms with Crippen LogP contribution in [0, 0.1) is 22.7 Å². The molecule has 7 aromatic rings. The van der Waals surface area contributed by atoms with Gasteiger partial charge in [0, 0.05) is 33.8 Å². The van der Waals surface area contributed by atoms with Crippen molar-refractivity contribution in [2.24, 2.45) is 0 Å². The van der Waals surface area contributed by atoms with E-state index in [0.29, 0.717) is 33.7 Å². The number of aromatic nitrogens is 1. The highest BCUT2D eigenvalue weighted by molar-refractivity contribution is 6.03. The van der Waals surface area contributed by atoms with E-state index in [1.807, 2.05) is 143 Å². The van der Waals surface area contributed by atoms with E-state index in [1.54, 1.807) is 17.6 Å². The Labute approximate surface area is 289 Å². The number of nitrogens with zero attached hydrogens (tertiary/aromatic N) is 3. The molecule has 0 aliphatic carbocycles. The van der Waals surface area contributed by atoms with Gasteiger partial charge < -0.3 is 14.2 Å². The van der Waals surface area contributed by atoms with Crippen LogP contribution >= 0.6 is 0 Å². The highest BCUT2D eigenvalue weighted by atomic mass is 16.3. The number of furan rings is 2. The molecule has 250 valence electrons. The number of para-hydroxylation sites is 4. The lowest BCUT2D eigenvalue weighted by Gasteiger charge is -2.08. The number of nitriles is 2. The SMILES string of the molecule is C.C.C/C(C#N)=C\c1oc2ccccc2c1Nc1ccccc1.CC.CC.N#Cc1cc2oc3ccccc3c2n(-c2ccccc2)c1=O. The van der Waals surface area contributed by atoms with Crippen molar-refractivity contribution >= 4 is 50.5 Å². The average Bonchev–Trinajstić information content (AvgIpc) is 3.68. The molecule has 3 aromatic heterocycles. The number of benzene rings is 4. The number of anilines is 2. The maximum absolute atomic E-state index is 12.7. The van der Waals surface area contributed by atoms with Gasteiger partial charge in [-0.2, -0.15) is 10.5 Å². The first-order valence-corrected chi connectivity index (χ1v) is 15.5. The van der Waals surface area contributed by atoms with Crippen molar-refractivity contribution in [3.05, 3.63) is 143 Å². The van der Waals surface area contributed by atoms with Crippen molar-refractivity contribution < 1.29 is 8.83 Å². The predicted molar refractivity (Wildman–Crippen MR) is 205 cm³/mol. The zero-order chi connectivity index (χ0) is 33.8. The normalized spacial score (nSPS) is 9.98. The van der Waals surface area contributed by atoms with E-state index in [0.717, 1.165) is 27.7 Å². The molecule has 7 heteroatoms. The standard InChI is InChI=1S/C18H10N2O2.C18H14N2O.2C2H6.2CH4/c19-11-12-10-16-17(14-8-4-5-9-15(14)22-16)20(18(12)21)13-6-2-1-3-7-13;1-13(12-19)11-17-18(20-14-7-3-2-4-8-14)15-9-5-6-10-16(15)21-17;2*1-2;;/h1-10H;2-11,20H,1H3;2*1-2H3;2*1H4/b;13-11+;;;;. The van der Waals surface area contributed by atoms with Gasteiger partial charge in [-0.3, -0.25) is 9.36 Å². The van der Waals surface area contributed by atoms with Gasteiger partial charge in [0.15, 0.2) is 11.3 Å². The molecule has 0 saturated heterocycles. The zero-order valence-electron chi connectivity index (χ0n) is 27.1. The largest absolute Gasteiger partial charge is 0.454 e. The van der Waals surface area contributed by atoms with Gasteiger partial charge >= 0.3 is 0 Å². The van der Waals surface area contributed by atoms with Gasteiger partial charge in [-0.05, 0) is 61.5 Å². The quantitative estimate of drug-likeness (QED) is 0.190. The summed E-state index contributed by atoms with van der Waals surface area (Å²) in [7, 11) is 0. The van der Waals surface area contributed by atoms with E-state index in [1.165, 1.54) is 6.07 Å². The minimum Gasteiger partial charge on any atom is -0.454 e. The zero-order valence-corrected chi connectivity index (χ0v) is 27.1. The average molecular weight is 653 g/mol. The first-order chi connectivity index (χ1) is 23.1. The Morgan fingerprint density at radius 3 is 1.84 bits per heavy atom. The number of pyridine rings is 1. The number of rotatable bonds is 4. The van der Waals surface area contributed by atoms with Crippen LogP contribution in [0.4, 0.5) is 11.4 Å². The Hall–Kier alpha value is -6.31. The van der Waals surface area contributed by atoms with Crippen molar-refractivity contribution in [1.82, 2.24) is 4.57 Å². The van der Waals surface area contributed by atoms with Gasteiger partial charge in [-0.25, -0.2) is 0 Å². The number of hydrogen-bond acceptors (Lipinski definition) is 6. The van der Waals surface area contributed by atoms with E-state index in [-0.39, 0.29) is 26.0 Å². The van der Waals surface area contributed by atoms with Crippen LogP contribution in [0.3, 0.4) is 0 Å². The van der Waals surface area contributed by atoms with Gasteiger partial charge in [0.25, 0.3) is 5.56 Å². The van der Waals surface area contributed by atoms with Crippen LogP contribution in [0.15, 0.2) is 134 Å². The summed E-state index contributed by atoms with van der Waals surface area (Å²) < 4.78 is 13.2. The molecule has 0 fully saturated rings. The van der Waals surface area contributed by atoms with E-state index in [2.05, 4.69) is 11.4 Å². The number of nitrogens with one attached hydrogen (secondary N) is 1. The summed E-state index contributed by atoms with van der Waals surface area (Å²) in [5, 5.41) is 23.4. The maximum Gasteiger partial charge on any atom is 0.273 e. The molecule has 0 aliphatic heterocycles. The molecular weight excluding hydrogens is 608 g/mol. The second-order valence-electron chi connectivity index (χ2n) is 9.72. The van der Waals surface area contributed by atoms with Crippen LogP contribution in [0.25, 0.3) is 44.8 Å². The summed E-state index contributed by atoms with van der Waals surface area (Å²) in [4.78, 5) is 12.7. The van der Waals surface area contributed by atoms with Gasteiger partial charge in [0.1, 0.15) is 28.3 Å². The summed E-state index contributed by atoms with van der Waals surface area (Å²) in [5.41, 5.74) is 5.60. The lowest BCUT2D eigenvalue weighted by molar-refractivity contribution is 0.605.